The second-order valence-corrected chi connectivity index (χ2v) is 2.17. The molecule has 0 atom stereocenters. The molecule has 0 spiro atoms. The van der Waals surface area contributed by atoms with E-state index in [0.717, 1.165) is 0 Å². The highest BCUT2D eigenvalue weighted by atomic mass is 16.5. The third-order valence-corrected chi connectivity index (χ3v) is 1.45. The maximum absolute atomic E-state index is 8.48. The summed E-state index contributed by atoms with van der Waals surface area (Å²) in [6, 6.07) is 0. The summed E-state index contributed by atoms with van der Waals surface area (Å²) < 4.78 is 4.91. The van der Waals surface area contributed by atoms with Gasteiger partial charge in [-0.15, -0.1) is 0 Å². The number of hydrogen-bond donors (Lipinski definition) is 1. The van der Waals surface area contributed by atoms with Gasteiger partial charge in [0.15, 0.2) is 0 Å². The molecule has 58 valence electrons. The first kappa shape index (κ1) is 7.57. The Morgan fingerprint density at radius 3 is 3.00 bits per heavy atom. The number of nitrogens with two attached hydrogens (primary N) is 1. The van der Waals surface area contributed by atoms with Crippen LogP contribution >= 0.6 is 0 Å². The van der Waals surface area contributed by atoms with E-state index in [1.54, 1.807) is 12.2 Å². The second-order valence-electron chi connectivity index (χ2n) is 2.17. The monoisotopic (exact) mass is 151 g/mol. The minimum Gasteiger partial charge on any atom is -0.490 e. The van der Waals surface area contributed by atoms with Crippen LogP contribution in [0.2, 0.25) is 0 Å². The van der Waals surface area contributed by atoms with Crippen LogP contribution in [0.15, 0.2) is 23.6 Å². The molecule has 0 bridgehead atoms. The van der Waals surface area contributed by atoms with Gasteiger partial charge in [0, 0.05) is 11.8 Å². The number of hydrogen-bond acceptors (Lipinski definition) is 2. The summed E-state index contributed by atoms with van der Waals surface area (Å²) >= 11 is 0. The van der Waals surface area contributed by atoms with Gasteiger partial charge in [-0.05, 0) is 6.08 Å². The van der Waals surface area contributed by atoms with Crippen molar-refractivity contribution in [1.82, 2.24) is 0 Å². The van der Waals surface area contributed by atoms with Gasteiger partial charge in [0.2, 0.25) is 5.76 Å². The van der Waals surface area contributed by atoms with Gasteiger partial charge in [-0.25, -0.2) is 0 Å². The Morgan fingerprint density at radius 1 is 1.73 bits per heavy atom. The van der Waals surface area contributed by atoms with Gasteiger partial charge in [-0.3, -0.25) is 0 Å². The number of allylic oxidation sites excluding steroid dienone is 3. The zero-order valence-electron chi connectivity index (χ0n) is 6.24. The number of methoxy groups -OCH3 is 1. The second kappa shape index (κ2) is 3.03. The first-order chi connectivity index (χ1) is 5.27. The number of nitrogens with zero attached hydrogens (tertiary/aromatic N) is 2. The van der Waals surface area contributed by atoms with Gasteiger partial charge >= 0.3 is 5.71 Å². The van der Waals surface area contributed by atoms with Gasteiger partial charge in [0.05, 0.1) is 13.5 Å². The van der Waals surface area contributed by atoms with Crippen LogP contribution in [0.5, 0.6) is 0 Å². The third kappa shape index (κ3) is 1.48. The molecule has 1 aliphatic carbocycles. The minimum absolute atomic E-state index is 0.502. The standard InChI is InChI=1S/C7H9N3O/c1-11-7-4-5(8)2-3-6(7)10-9/h2,4H,3,8H2,1H3. The van der Waals surface area contributed by atoms with Crippen LogP contribution in [0.1, 0.15) is 6.42 Å². The van der Waals surface area contributed by atoms with Gasteiger partial charge in [-0.2, -0.15) is 4.79 Å². The summed E-state index contributed by atoms with van der Waals surface area (Å²) in [6.45, 7) is 0. The molecule has 0 unspecified atom stereocenters. The van der Waals surface area contributed by atoms with E-state index in [0.29, 0.717) is 23.6 Å². The van der Waals surface area contributed by atoms with Crippen LogP contribution in [-0.2, 0) is 4.74 Å². The average molecular weight is 151 g/mol. The Bertz CT molecular complexity index is 271. The van der Waals surface area contributed by atoms with Crippen molar-refractivity contribution in [1.29, 1.82) is 0 Å². The highest BCUT2D eigenvalue weighted by Gasteiger charge is 2.18. The Balaban J connectivity index is 2.98. The van der Waals surface area contributed by atoms with E-state index in [1.165, 1.54) is 7.11 Å². The zero-order chi connectivity index (χ0) is 8.27. The summed E-state index contributed by atoms with van der Waals surface area (Å²) in [4.78, 5) is 3.06. The average Bonchev–Trinajstić information content (AvgIpc) is 2.04. The summed E-state index contributed by atoms with van der Waals surface area (Å²) in [7, 11) is 1.51. The molecule has 0 aromatic rings. The molecule has 1 rings (SSSR count). The van der Waals surface area contributed by atoms with Gasteiger partial charge in [-0.1, -0.05) is 0 Å². The Kier molecular flexibility index (Phi) is 2.09. The topological polar surface area (TPSA) is 71.7 Å². The molecule has 2 N–H and O–H groups in total. The van der Waals surface area contributed by atoms with E-state index in [-0.39, 0.29) is 0 Å². The molecule has 0 amide bonds. The molecule has 0 aromatic carbocycles. The first-order valence-corrected chi connectivity index (χ1v) is 3.20. The zero-order valence-corrected chi connectivity index (χ0v) is 6.24. The molecule has 0 saturated heterocycles. The molecular weight excluding hydrogens is 142 g/mol. The fraction of sp³-hybridized carbons (Fsp3) is 0.286. The van der Waals surface area contributed by atoms with Crippen LogP contribution in [0.25, 0.3) is 5.53 Å². The SMILES string of the molecule is COC1=CC(N)=CCC1=[N+]=[N-]. The van der Waals surface area contributed by atoms with Crippen molar-refractivity contribution in [2.75, 3.05) is 7.11 Å². The lowest BCUT2D eigenvalue weighted by molar-refractivity contribution is -0.0109. The van der Waals surface area contributed by atoms with Crippen molar-refractivity contribution in [3.63, 3.8) is 0 Å². The number of ether oxygens (including phenoxy) is 1. The predicted octanol–water partition coefficient (Wildman–Crippen LogP) is 0.434. The summed E-state index contributed by atoms with van der Waals surface area (Å²) in [5.74, 6) is 0.521. The van der Waals surface area contributed by atoms with Crippen LogP contribution in [0, 0.1) is 0 Å². The fourth-order valence-electron chi connectivity index (χ4n) is 0.876. The predicted molar refractivity (Wildman–Crippen MR) is 40.6 cm³/mol. The molecule has 0 heterocycles. The van der Waals surface area contributed by atoms with Crippen molar-refractivity contribution in [3.8, 4) is 0 Å². The maximum Gasteiger partial charge on any atom is 0.337 e. The molecule has 1 aliphatic rings. The van der Waals surface area contributed by atoms with Crippen molar-refractivity contribution in [3.05, 3.63) is 29.1 Å². The quantitative estimate of drug-likeness (QED) is 0.436. The smallest absolute Gasteiger partial charge is 0.337 e. The molecule has 0 aromatic heterocycles. The lowest BCUT2D eigenvalue weighted by atomic mass is 10.1. The normalized spacial score (nSPS) is 16.6. The summed E-state index contributed by atoms with van der Waals surface area (Å²) in [5.41, 5.74) is 15.1. The van der Waals surface area contributed by atoms with Crippen LogP contribution in [0.3, 0.4) is 0 Å². The third-order valence-electron chi connectivity index (χ3n) is 1.45. The molecule has 0 aliphatic heterocycles. The lowest BCUT2D eigenvalue weighted by Crippen LogP contribution is -2.12. The van der Waals surface area contributed by atoms with Gasteiger partial charge in [0.25, 0.3) is 0 Å². The largest absolute Gasteiger partial charge is 0.490 e. The van der Waals surface area contributed by atoms with E-state index >= 15 is 0 Å². The highest BCUT2D eigenvalue weighted by molar-refractivity contribution is 5.96. The molecule has 0 saturated carbocycles. The highest BCUT2D eigenvalue weighted by Crippen LogP contribution is 2.10. The number of rotatable bonds is 1. The Hall–Kier alpha value is -1.54. The minimum atomic E-state index is 0.502. The molecule has 4 heteroatoms. The van der Waals surface area contributed by atoms with Crippen molar-refractivity contribution >= 4 is 5.71 Å². The van der Waals surface area contributed by atoms with Gasteiger partial charge in [0.1, 0.15) is 0 Å². The van der Waals surface area contributed by atoms with E-state index in [9.17, 15) is 0 Å². The fourth-order valence-corrected chi connectivity index (χ4v) is 0.876. The van der Waals surface area contributed by atoms with Crippen molar-refractivity contribution in [2.45, 2.75) is 6.42 Å². The molecule has 4 nitrogen and oxygen atoms in total. The van der Waals surface area contributed by atoms with Gasteiger partial charge < -0.3 is 16.0 Å². The summed E-state index contributed by atoms with van der Waals surface area (Å²) in [5, 5.41) is 0. The first-order valence-electron chi connectivity index (χ1n) is 3.20. The maximum atomic E-state index is 8.48. The molecular formula is C7H9N3O. The molecule has 11 heavy (non-hydrogen) atoms. The Labute approximate surface area is 64.6 Å². The van der Waals surface area contributed by atoms with Crippen LogP contribution in [0.4, 0.5) is 0 Å². The van der Waals surface area contributed by atoms with Crippen LogP contribution in [-0.4, -0.2) is 17.6 Å². The molecule has 0 radical (unpaired) electrons. The molecule has 0 fully saturated rings. The van der Waals surface area contributed by atoms with Crippen LogP contribution < -0.4 is 5.73 Å². The van der Waals surface area contributed by atoms with E-state index < -0.39 is 0 Å². The van der Waals surface area contributed by atoms with E-state index in [1.807, 2.05) is 0 Å². The van der Waals surface area contributed by atoms with E-state index in [2.05, 4.69) is 4.79 Å². The van der Waals surface area contributed by atoms with Crippen molar-refractivity contribution in [2.24, 2.45) is 5.73 Å². The van der Waals surface area contributed by atoms with E-state index in [4.69, 9.17) is 16.0 Å². The summed E-state index contributed by atoms with van der Waals surface area (Å²) in [6.07, 6.45) is 3.90. The lowest BCUT2D eigenvalue weighted by Gasteiger charge is -2.04. The van der Waals surface area contributed by atoms with Crippen molar-refractivity contribution < 1.29 is 9.53 Å². The Morgan fingerprint density at radius 2 is 2.45 bits per heavy atom.